The molecule has 3 aromatic rings. The zero-order chi connectivity index (χ0) is 18.5. The molecule has 1 atom stereocenters. The van der Waals surface area contributed by atoms with Crippen LogP contribution in [0.5, 0.6) is 11.5 Å². The van der Waals surface area contributed by atoms with Gasteiger partial charge < -0.3 is 14.8 Å². The van der Waals surface area contributed by atoms with Gasteiger partial charge in [0.05, 0.1) is 11.2 Å². The number of nitrogens with zero attached hydrogens (tertiary/aromatic N) is 1. The van der Waals surface area contributed by atoms with E-state index in [4.69, 9.17) is 9.47 Å². The molecule has 0 spiro atoms. The van der Waals surface area contributed by atoms with Crippen molar-refractivity contribution in [1.82, 2.24) is 10.3 Å². The van der Waals surface area contributed by atoms with Crippen LogP contribution < -0.4 is 14.8 Å². The number of ether oxygens (including phenoxy) is 2. The van der Waals surface area contributed by atoms with Gasteiger partial charge in [-0.3, -0.25) is 4.79 Å². The molecule has 0 fully saturated rings. The number of amides is 1. The first kappa shape index (κ1) is 17.5. The van der Waals surface area contributed by atoms with Gasteiger partial charge in [-0.25, -0.2) is 4.98 Å². The standard InChI is InChI=1S/C21H20N2O3S/c24-21(22-9-8-17-12-27-13-23-17)11-18(15-4-2-1-3-5-15)16-6-7-19-20(10-16)26-14-25-19/h1-7,10,12-13,18H,8-9,11,14H2,(H,22,24)/t18-/m0/s1. The van der Waals surface area contributed by atoms with E-state index in [9.17, 15) is 4.79 Å². The zero-order valence-corrected chi connectivity index (χ0v) is 15.6. The molecule has 0 radical (unpaired) electrons. The molecule has 1 aliphatic rings. The molecular weight excluding hydrogens is 360 g/mol. The predicted molar refractivity (Wildman–Crippen MR) is 104 cm³/mol. The molecule has 1 N–H and O–H groups in total. The van der Waals surface area contributed by atoms with Crippen LogP contribution in [0.2, 0.25) is 0 Å². The van der Waals surface area contributed by atoms with Gasteiger partial charge in [-0.1, -0.05) is 36.4 Å². The molecule has 2 heterocycles. The summed E-state index contributed by atoms with van der Waals surface area (Å²) in [5.41, 5.74) is 4.96. The van der Waals surface area contributed by atoms with Gasteiger partial charge in [0.2, 0.25) is 12.7 Å². The third kappa shape index (κ3) is 4.28. The molecule has 2 aromatic carbocycles. The topological polar surface area (TPSA) is 60.5 Å². The van der Waals surface area contributed by atoms with E-state index in [0.717, 1.165) is 34.7 Å². The Morgan fingerprint density at radius 2 is 1.96 bits per heavy atom. The average molecular weight is 380 g/mol. The van der Waals surface area contributed by atoms with Crippen molar-refractivity contribution in [2.45, 2.75) is 18.8 Å². The smallest absolute Gasteiger partial charge is 0.231 e. The minimum Gasteiger partial charge on any atom is -0.454 e. The lowest BCUT2D eigenvalue weighted by molar-refractivity contribution is -0.121. The first-order valence-corrected chi connectivity index (χ1v) is 9.82. The van der Waals surface area contributed by atoms with E-state index in [1.807, 2.05) is 47.3 Å². The second kappa shape index (κ2) is 8.22. The molecule has 0 unspecified atom stereocenters. The van der Waals surface area contributed by atoms with Gasteiger partial charge in [-0.2, -0.15) is 0 Å². The quantitative estimate of drug-likeness (QED) is 0.678. The molecule has 1 amide bonds. The van der Waals surface area contributed by atoms with E-state index in [1.165, 1.54) is 0 Å². The summed E-state index contributed by atoms with van der Waals surface area (Å²) < 4.78 is 10.9. The minimum absolute atomic E-state index is 0.0248. The third-order valence-electron chi connectivity index (χ3n) is 4.58. The summed E-state index contributed by atoms with van der Waals surface area (Å²) in [6, 6.07) is 16.0. The Morgan fingerprint density at radius 1 is 1.11 bits per heavy atom. The fraction of sp³-hybridized carbons (Fsp3) is 0.238. The van der Waals surface area contributed by atoms with E-state index < -0.39 is 0 Å². The molecular formula is C21H20N2O3S. The Kier molecular flexibility index (Phi) is 5.34. The number of carbonyl (C=O) groups excluding carboxylic acids is 1. The van der Waals surface area contributed by atoms with Crippen LogP contribution in [0.15, 0.2) is 59.4 Å². The van der Waals surface area contributed by atoms with Crippen molar-refractivity contribution < 1.29 is 14.3 Å². The number of benzene rings is 2. The van der Waals surface area contributed by atoms with Crippen LogP contribution in [-0.2, 0) is 11.2 Å². The van der Waals surface area contributed by atoms with Gasteiger partial charge in [-0.05, 0) is 23.3 Å². The van der Waals surface area contributed by atoms with Crippen LogP contribution in [0.3, 0.4) is 0 Å². The Hall–Kier alpha value is -2.86. The van der Waals surface area contributed by atoms with Gasteiger partial charge in [0, 0.05) is 30.7 Å². The maximum absolute atomic E-state index is 12.6. The minimum atomic E-state index is -0.0417. The number of carbonyl (C=O) groups is 1. The number of aromatic nitrogens is 1. The predicted octanol–water partition coefficient (Wildman–Crippen LogP) is 3.75. The van der Waals surface area contributed by atoms with E-state index in [2.05, 4.69) is 22.4 Å². The molecule has 27 heavy (non-hydrogen) atoms. The average Bonchev–Trinajstić information content (AvgIpc) is 3.38. The fourth-order valence-corrected chi connectivity index (χ4v) is 3.78. The van der Waals surface area contributed by atoms with Crippen LogP contribution >= 0.6 is 11.3 Å². The Labute approximate surface area is 162 Å². The molecule has 1 aliphatic heterocycles. The van der Waals surface area contributed by atoms with Crippen LogP contribution in [0.1, 0.15) is 29.2 Å². The first-order chi connectivity index (χ1) is 13.3. The van der Waals surface area contributed by atoms with Crippen molar-refractivity contribution >= 4 is 17.2 Å². The van der Waals surface area contributed by atoms with Gasteiger partial charge in [0.25, 0.3) is 0 Å². The number of rotatable bonds is 7. The Balaban J connectivity index is 1.47. The lowest BCUT2D eigenvalue weighted by Gasteiger charge is -2.18. The fourth-order valence-electron chi connectivity index (χ4n) is 3.19. The van der Waals surface area contributed by atoms with Crippen molar-refractivity contribution in [2.24, 2.45) is 0 Å². The Morgan fingerprint density at radius 3 is 2.78 bits per heavy atom. The number of hydrogen-bond acceptors (Lipinski definition) is 5. The van der Waals surface area contributed by atoms with Gasteiger partial charge in [-0.15, -0.1) is 11.3 Å². The second-order valence-electron chi connectivity index (χ2n) is 6.36. The van der Waals surface area contributed by atoms with Crippen molar-refractivity contribution in [2.75, 3.05) is 13.3 Å². The number of hydrogen-bond donors (Lipinski definition) is 1. The van der Waals surface area contributed by atoms with Crippen LogP contribution in [0, 0.1) is 0 Å². The van der Waals surface area contributed by atoms with E-state index in [0.29, 0.717) is 13.0 Å². The zero-order valence-electron chi connectivity index (χ0n) is 14.8. The molecule has 0 saturated carbocycles. The lowest BCUT2D eigenvalue weighted by atomic mass is 9.88. The van der Waals surface area contributed by atoms with Gasteiger partial charge in [0.1, 0.15) is 0 Å². The highest BCUT2D eigenvalue weighted by atomic mass is 32.1. The highest BCUT2D eigenvalue weighted by molar-refractivity contribution is 7.07. The summed E-state index contributed by atoms with van der Waals surface area (Å²) in [5.74, 6) is 1.47. The highest BCUT2D eigenvalue weighted by Gasteiger charge is 2.21. The monoisotopic (exact) mass is 380 g/mol. The molecule has 4 rings (SSSR count). The van der Waals surface area contributed by atoms with Gasteiger partial charge >= 0.3 is 0 Å². The van der Waals surface area contributed by atoms with Crippen molar-refractivity contribution in [3.05, 3.63) is 76.2 Å². The summed E-state index contributed by atoms with van der Waals surface area (Å²) in [5, 5.41) is 5.02. The lowest BCUT2D eigenvalue weighted by Crippen LogP contribution is -2.27. The van der Waals surface area contributed by atoms with Crippen molar-refractivity contribution in [3.63, 3.8) is 0 Å². The van der Waals surface area contributed by atoms with Crippen LogP contribution in [0.4, 0.5) is 0 Å². The SMILES string of the molecule is O=C(C[C@@H](c1ccccc1)c1ccc2c(c1)OCO2)NCCc1cscn1. The molecule has 5 nitrogen and oxygen atoms in total. The number of thiazole rings is 1. The van der Waals surface area contributed by atoms with Crippen LogP contribution in [-0.4, -0.2) is 24.2 Å². The Bertz CT molecular complexity index is 897. The molecule has 0 saturated heterocycles. The number of fused-ring (bicyclic) bond motifs is 1. The summed E-state index contributed by atoms with van der Waals surface area (Å²) in [6.45, 7) is 0.830. The van der Waals surface area contributed by atoms with Crippen LogP contribution in [0.25, 0.3) is 0 Å². The van der Waals surface area contributed by atoms with E-state index in [1.54, 1.807) is 11.3 Å². The summed E-state index contributed by atoms with van der Waals surface area (Å²) in [7, 11) is 0. The molecule has 6 heteroatoms. The summed E-state index contributed by atoms with van der Waals surface area (Å²) >= 11 is 1.57. The maximum Gasteiger partial charge on any atom is 0.231 e. The van der Waals surface area contributed by atoms with E-state index >= 15 is 0 Å². The van der Waals surface area contributed by atoms with Crippen molar-refractivity contribution in [1.29, 1.82) is 0 Å². The maximum atomic E-state index is 12.6. The van der Waals surface area contributed by atoms with Crippen molar-refractivity contribution in [3.8, 4) is 11.5 Å². The molecule has 0 aliphatic carbocycles. The molecule has 1 aromatic heterocycles. The third-order valence-corrected chi connectivity index (χ3v) is 5.21. The first-order valence-electron chi connectivity index (χ1n) is 8.88. The second-order valence-corrected chi connectivity index (χ2v) is 7.08. The highest BCUT2D eigenvalue weighted by Crippen LogP contribution is 2.37. The molecule has 0 bridgehead atoms. The largest absolute Gasteiger partial charge is 0.454 e. The summed E-state index contributed by atoms with van der Waals surface area (Å²) in [4.78, 5) is 16.8. The summed E-state index contributed by atoms with van der Waals surface area (Å²) in [6.07, 6.45) is 1.12. The number of nitrogens with one attached hydrogen (secondary N) is 1. The van der Waals surface area contributed by atoms with Gasteiger partial charge in [0.15, 0.2) is 11.5 Å². The molecule has 138 valence electrons. The van der Waals surface area contributed by atoms with E-state index in [-0.39, 0.29) is 18.6 Å². The normalized spacial score (nSPS) is 13.3.